The van der Waals surface area contributed by atoms with Crippen molar-refractivity contribution in [2.24, 2.45) is 11.1 Å². The van der Waals surface area contributed by atoms with E-state index in [9.17, 15) is 5.11 Å². The largest absolute Gasteiger partial charge is 0.497 e. The molecule has 1 aliphatic carbocycles. The van der Waals surface area contributed by atoms with Crippen LogP contribution in [-0.4, -0.2) is 24.9 Å². The fourth-order valence-corrected chi connectivity index (χ4v) is 3.04. The molecule has 0 saturated carbocycles. The molecule has 0 aliphatic heterocycles. The summed E-state index contributed by atoms with van der Waals surface area (Å²) in [5.41, 5.74) is 8.93. The van der Waals surface area contributed by atoms with Crippen molar-refractivity contribution >= 4 is 0 Å². The molecule has 0 saturated heterocycles. The number of aryl methyl sites for hydroxylation is 1. The topological polar surface area (TPSA) is 55.5 Å². The highest BCUT2D eigenvalue weighted by Gasteiger charge is 2.37. The highest BCUT2D eigenvalue weighted by atomic mass is 16.5. The third-order valence-corrected chi connectivity index (χ3v) is 4.42. The molecule has 0 spiro atoms. The second-order valence-electron chi connectivity index (χ2n) is 5.44. The van der Waals surface area contributed by atoms with Crippen LogP contribution in [0.3, 0.4) is 0 Å². The molecule has 2 atom stereocenters. The molecule has 18 heavy (non-hydrogen) atoms. The molecule has 0 bridgehead atoms. The molecule has 3 N–H and O–H groups in total. The summed E-state index contributed by atoms with van der Waals surface area (Å²) in [7, 11) is 1.69. The van der Waals surface area contributed by atoms with Crippen LogP contribution in [0.5, 0.6) is 5.75 Å². The van der Waals surface area contributed by atoms with Gasteiger partial charge in [0.2, 0.25) is 0 Å². The Bertz CT molecular complexity index is 417. The predicted octanol–water partition coefficient (Wildman–Crippen LogP) is 1.90. The summed E-state index contributed by atoms with van der Waals surface area (Å²) in [6, 6.07) is 6.38. The van der Waals surface area contributed by atoms with Crippen molar-refractivity contribution in [3.8, 4) is 5.75 Å². The number of aliphatic hydroxyl groups excluding tert-OH is 1. The minimum atomic E-state index is 0.0358. The van der Waals surface area contributed by atoms with Crippen molar-refractivity contribution in [2.45, 2.75) is 38.6 Å². The van der Waals surface area contributed by atoms with Gasteiger partial charge in [0.25, 0.3) is 0 Å². The maximum Gasteiger partial charge on any atom is 0.119 e. The van der Waals surface area contributed by atoms with E-state index in [0.717, 1.165) is 31.4 Å². The van der Waals surface area contributed by atoms with Crippen LogP contribution in [0.1, 0.15) is 30.9 Å². The first kappa shape index (κ1) is 13.4. The van der Waals surface area contributed by atoms with E-state index in [1.807, 2.05) is 6.07 Å². The first-order valence-corrected chi connectivity index (χ1v) is 6.63. The molecule has 100 valence electrons. The van der Waals surface area contributed by atoms with Crippen LogP contribution in [-0.2, 0) is 12.8 Å². The van der Waals surface area contributed by atoms with E-state index in [-0.39, 0.29) is 18.1 Å². The van der Waals surface area contributed by atoms with Crippen molar-refractivity contribution in [2.75, 3.05) is 13.7 Å². The number of nitrogens with two attached hydrogens (primary N) is 1. The summed E-state index contributed by atoms with van der Waals surface area (Å²) in [6.45, 7) is 2.27. The van der Waals surface area contributed by atoms with Crippen LogP contribution in [0, 0.1) is 5.41 Å². The van der Waals surface area contributed by atoms with Gasteiger partial charge in [-0.25, -0.2) is 0 Å². The van der Waals surface area contributed by atoms with Gasteiger partial charge in [0, 0.05) is 12.6 Å². The quantitative estimate of drug-likeness (QED) is 0.857. The van der Waals surface area contributed by atoms with Crippen LogP contribution in [0.4, 0.5) is 0 Å². The lowest BCUT2D eigenvalue weighted by Crippen LogP contribution is -2.44. The molecule has 3 nitrogen and oxygen atoms in total. The van der Waals surface area contributed by atoms with E-state index in [1.165, 1.54) is 11.1 Å². The second-order valence-corrected chi connectivity index (χ2v) is 5.44. The summed E-state index contributed by atoms with van der Waals surface area (Å²) in [6.07, 6.45) is 3.82. The van der Waals surface area contributed by atoms with Crippen molar-refractivity contribution in [3.63, 3.8) is 0 Å². The third kappa shape index (κ3) is 2.38. The van der Waals surface area contributed by atoms with Crippen molar-refractivity contribution in [3.05, 3.63) is 29.3 Å². The van der Waals surface area contributed by atoms with Gasteiger partial charge in [0.15, 0.2) is 0 Å². The molecule has 1 aromatic carbocycles. The third-order valence-electron chi connectivity index (χ3n) is 4.42. The second kappa shape index (κ2) is 5.29. The fourth-order valence-electron chi connectivity index (χ4n) is 3.04. The molecule has 1 aliphatic rings. The van der Waals surface area contributed by atoms with Crippen molar-refractivity contribution < 1.29 is 9.84 Å². The molecular weight excluding hydrogens is 226 g/mol. The zero-order valence-electron chi connectivity index (χ0n) is 11.3. The normalized spacial score (nSPS) is 24.4. The standard InChI is InChI=1S/C15H23NO2/c1-11(16)15(7-8-17)6-5-12-3-4-14(18-2)9-13(12)10-15/h3-4,9,11,17H,5-8,10,16H2,1-2H3. The average Bonchev–Trinajstić information content (AvgIpc) is 2.38. The fraction of sp³-hybridized carbons (Fsp3) is 0.600. The molecular formula is C15H23NO2. The SMILES string of the molecule is COc1ccc2c(c1)CC(CCO)(C(C)N)CC2. The minimum Gasteiger partial charge on any atom is -0.497 e. The molecule has 2 unspecified atom stereocenters. The van der Waals surface area contributed by atoms with Gasteiger partial charge in [-0.3, -0.25) is 0 Å². The van der Waals surface area contributed by atoms with Gasteiger partial charge < -0.3 is 15.6 Å². The van der Waals surface area contributed by atoms with Gasteiger partial charge in [-0.05, 0) is 61.3 Å². The van der Waals surface area contributed by atoms with Crippen LogP contribution < -0.4 is 10.5 Å². The number of aliphatic hydroxyl groups is 1. The molecule has 3 heteroatoms. The highest BCUT2D eigenvalue weighted by Crippen LogP contribution is 2.41. The smallest absolute Gasteiger partial charge is 0.119 e. The average molecular weight is 249 g/mol. The maximum atomic E-state index is 9.30. The molecule has 1 aromatic rings. The van der Waals surface area contributed by atoms with Gasteiger partial charge in [0.05, 0.1) is 7.11 Å². The molecule has 2 rings (SSSR count). The minimum absolute atomic E-state index is 0.0358. The Balaban J connectivity index is 2.31. The molecule has 0 amide bonds. The van der Waals surface area contributed by atoms with Crippen LogP contribution >= 0.6 is 0 Å². The molecule has 0 radical (unpaired) electrons. The summed E-state index contributed by atoms with van der Waals surface area (Å²) in [5.74, 6) is 0.901. The number of hydrogen-bond donors (Lipinski definition) is 2. The highest BCUT2D eigenvalue weighted by molar-refractivity contribution is 5.38. The summed E-state index contributed by atoms with van der Waals surface area (Å²) >= 11 is 0. The Hall–Kier alpha value is -1.06. The van der Waals surface area contributed by atoms with Crippen LogP contribution in [0.2, 0.25) is 0 Å². The summed E-state index contributed by atoms with van der Waals surface area (Å²) in [4.78, 5) is 0. The van der Waals surface area contributed by atoms with Crippen molar-refractivity contribution in [1.29, 1.82) is 0 Å². The first-order chi connectivity index (χ1) is 8.61. The van der Waals surface area contributed by atoms with Gasteiger partial charge >= 0.3 is 0 Å². The number of hydrogen-bond acceptors (Lipinski definition) is 3. The molecule has 0 aromatic heterocycles. The van der Waals surface area contributed by atoms with E-state index >= 15 is 0 Å². The number of benzene rings is 1. The predicted molar refractivity (Wildman–Crippen MR) is 72.8 cm³/mol. The van der Waals surface area contributed by atoms with Crippen molar-refractivity contribution in [1.82, 2.24) is 0 Å². The Morgan fingerprint density at radius 1 is 1.44 bits per heavy atom. The number of fused-ring (bicyclic) bond motifs is 1. The van der Waals surface area contributed by atoms with Gasteiger partial charge in [-0.15, -0.1) is 0 Å². The monoisotopic (exact) mass is 249 g/mol. The van der Waals surface area contributed by atoms with E-state index in [1.54, 1.807) is 7.11 Å². The number of methoxy groups -OCH3 is 1. The summed E-state index contributed by atoms with van der Waals surface area (Å²) < 4.78 is 5.29. The zero-order valence-corrected chi connectivity index (χ0v) is 11.3. The van der Waals surface area contributed by atoms with Crippen LogP contribution in [0.25, 0.3) is 0 Å². The lowest BCUT2D eigenvalue weighted by molar-refractivity contribution is 0.134. The van der Waals surface area contributed by atoms with E-state index in [4.69, 9.17) is 10.5 Å². The molecule has 0 fully saturated rings. The lowest BCUT2D eigenvalue weighted by Gasteiger charge is -2.41. The maximum absolute atomic E-state index is 9.30. The first-order valence-electron chi connectivity index (χ1n) is 6.63. The van der Waals surface area contributed by atoms with Gasteiger partial charge in [0.1, 0.15) is 5.75 Å². The Morgan fingerprint density at radius 2 is 2.22 bits per heavy atom. The van der Waals surface area contributed by atoms with E-state index in [0.29, 0.717) is 0 Å². The Kier molecular flexibility index (Phi) is 3.93. The van der Waals surface area contributed by atoms with E-state index in [2.05, 4.69) is 19.1 Å². The zero-order chi connectivity index (χ0) is 13.2. The Labute approximate surface area is 109 Å². The Morgan fingerprint density at radius 3 is 2.83 bits per heavy atom. The molecule has 0 heterocycles. The van der Waals surface area contributed by atoms with Gasteiger partial charge in [-0.1, -0.05) is 6.07 Å². The number of rotatable bonds is 4. The van der Waals surface area contributed by atoms with Crippen LogP contribution in [0.15, 0.2) is 18.2 Å². The van der Waals surface area contributed by atoms with Gasteiger partial charge in [-0.2, -0.15) is 0 Å². The lowest BCUT2D eigenvalue weighted by atomic mass is 9.66. The van der Waals surface area contributed by atoms with E-state index < -0.39 is 0 Å². The summed E-state index contributed by atoms with van der Waals surface area (Å²) in [5, 5.41) is 9.30. The number of ether oxygens (including phenoxy) is 1.